The topological polar surface area (TPSA) is 77.3 Å². The van der Waals surface area contributed by atoms with Gasteiger partial charge in [-0.25, -0.2) is 4.98 Å². The molecular formula is C14H14BrN3O3. The lowest BCUT2D eigenvalue weighted by atomic mass is 10.2. The molecule has 0 saturated heterocycles. The van der Waals surface area contributed by atoms with Crippen LogP contribution in [0.5, 0.6) is 5.88 Å². The van der Waals surface area contributed by atoms with Crippen molar-refractivity contribution in [2.75, 3.05) is 11.9 Å². The van der Waals surface area contributed by atoms with E-state index in [9.17, 15) is 10.1 Å². The van der Waals surface area contributed by atoms with Crippen LogP contribution in [-0.4, -0.2) is 16.5 Å². The number of rotatable bonds is 6. The molecule has 2 aromatic rings. The molecule has 0 spiro atoms. The van der Waals surface area contributed by atoms with Gasteiger partial charge in [0.2, 0.25) is 5.88 Å². The second-order valence-corrected chi connectivity index (χ2v) is 5.09. The molecule has 0 amide bonds. The zero-order valence-corrected chi connectivity index (χ0v) is 13.0. The van der Waals surface area contributed by atoms with Crippen molar-refractivity contribution >= 4 is 27.3 Å². The van der Waals surface area contributed by atoms with E-state index < -0.39 is 4.92 Å². The first-order valence-corrected chi connectivity index (χ1v) is 7.15. The molecular weight excluding hydrogens is 338 g/mol. The number of ether oxygens (including phenoxy) is 1. The first-order valence-electron chi connectivity index (χ1n) is 6.36. The highest BCUT2D eigenvalue weighted by molar-refractivity contribution is 9.10. The summed E-state index contributed by atoms with van der Waals surface area (Å²) in [6.45, 7) is 2.69. The SMILES string of the molecule is CCOc1ncccc1NCc1ccc(Br)cc1[N+](=O)[O-]. The van der Waals surface area contributed by atoms with E-state index in [4.69, 9.17) is 4.74 Å². The Morgan fingerprint density at radius 2 is 2.24 bits per heavy atom. The highest BCUT2D eigenvalue weighted by Crippen LogP contribution is 2.26. The molecule has 1 aromatic heterocycles. The number of nitrogens with zero attached hydrogens (tertiary/aromatic N) is 2. The first-order chi connectivity index (χ1) is 10.1. The second kappa shape index (κ2) is 7.03. The smallest absolute Gasteiger partial charge is 0.275 e. The number of nitro benzene ring substituents is 1. The third-order valence-corrected chi connectivity index (χ3v) is 3.26. The fraction of sp³-hybridized carbons (Fsp3) is 0.214. The Labute approximate surface area is 130 Å². The third-order valence-electron chi connectivity index (χ3n) is 2.77. The molecule has 0 fully saturated rings. The lowest BCUT2D eigenvalue weighted by Crippen LogP contribution is -2.06. The minimum Gasteiger partial charge on any atom is -0.476 e. The Bertz CT molecular complexity index is 649. The summed E-state index contributed by atoms with van der Waals surface area (Å²) in [4.78, 5) is 14.8. The summed E-state index contributed by atoms with van der Waals surface area (Å²) in [7, 11) is 0. The number of aromatic nitrogens is 1. The Morgan fingerprint density at radius 3 is 2.95 bits per heavy atom. The Morgan fingerprint density at radius 1 is 1.43 bits per heavy atom. The number of halogens is 1. The highest BCUT2D eigenvalue weighted by Gasteiger charge is 2.14. The Kier molecular flexibility index (Phi) is 5.10. The zero-order chi connectivity index (χ0) is 15.2. The van der Waals surface area contributed by atoms with Gasteiger partial charge in [-0.15, -0.1) is 0 Å². The predicted molar refractivity (Wildman–Crippen MR) is 83.5 cm³/mol. The summed E-state index contributed by atoms with van der Waals surface area (Å²) in [6.07, 6.45) is 1.64. The number of benzene rings is 1. The Hall–Kier alpha value is -2.15. The number of nitrogens with one attached hydrogen (secondary N) is 1. The molecule has 0 radical (unpaired) electrons. The van der Waals surface area contributed by atoms with Gasteiger partial charge < -0.3 is 10.1 Å². The van der Waals surface area contributed by atoms with Crippen LogP contribution in [0.3, 0.4) is 0 Å². The molecule has 2 rings (SSSR count). The number of pyridine rings is 1. The number of hydrogen-bond acceptors (Lipinski definition) is 5. The average molecular weight is 352 g/mol. The lowest BCUT2D eigenvalue weighted by molar-refractivity contribution is -0.385. The highest BCUT2D eigenvalue weighted by atomic mass is 79.9. The van der Waals surface area contributed by atoms with Crippen LogP contribution in [0.25, 0.3) is 0 Å². The molecule has 0 aliphatic rings. The van der Waals surface area contributed by atoms with Crippen molar-refractivity contribution < 1.29 is 9.66 Å². The maximum absolute atomic E-state index is 11.1. The van der Waals surface area contributed by atoms with E-state index in [1.807, 2.05) is 13.0 Å². The fourth-order valence-electron chi connectivity index (χ4n) is 1.82. The van der Waals surface area contributed by atoms with Crippen molar-refractivity contribution in [1.29, 1.82) is 0 Å². The zero-order valence-electron chi connectivity index (χ0n) is 11.4. The van der Waals surface area contributed by atoms with Crippen LogP contribution >= 0.6 is 15.9 Å². The van der Waals surface area contributed by atoms with Crippen LogP contribution < -0.4 is 10.1 Å². The molecule has 0 atom stereocenters. The fourth-order valence-corrected chi connectivity index (χ4v) is 2.17. The van der Waals surface area contributed by atoms with Crippen molar-refractivity contribution in [3.8, 4) is 5.88 Å². The molecule has 1 heterocycles. The summed E-state index contributed by atoms with van der Waals surface area (Å²) in [6, 6.07) is 8.58. The quantitative estimate of drug-likeness (QED) is 0.633. The summed E-state index contributed by atoms with van der Waals surface area (Å²) >= 11 is 3.24. The molecule has 110 valence electrons. The molecule has 0 bridgehead atoms. The minimum atomic E-state index is -0.394. The van der Waals surface area contributed by atoms with E-state index in [-0.39, 0.29) is 5.69 Å². The van der Waals surface area contributed by atoms with Crippen molar-refractivity contribution in [1.82, 2.24) is 4.98 Å². The van der Waals surface area contributed by atoms with Crippen molar-refractivity contribution in [3.05, 3.63) is 56.7 Å². The van der Waals surface area contributed by atoms with E-state index in [1.54, 1.807) is 24.4 Å². The maximum atomic E-state index is 11.1. The standard InChI is InChI=1S/C14H14BrN3O3/c1-2-21-14-12(4-3-7-16-14)17-9-10-5-6-11(15)8-13(10)18(19)20/h3-8,17H,2,9H2,1H3. The summed E-state index contributed by atoms with van der Waals surface area (Å²) < 4.78 is 6.08. The van der Waals surface area contributed by atoms with E-state index in [0.29, 0.717) is 34.8 Å². The predicted octanol–water partition coefficient (Wildman–Crippen LogP) is 3.76. The monoisotopic (exact) mass is 351 g/mol. The van der Waals surface area contributed by atoms with Gasteiger partial charge in [-0.3, -0.25) is 10.1 Å². The van der Waals surface area contributed by atoms with Gasteiger partial charge in [0, 0.05) is 28.8 Å². The molecule has 0 aliphatic carbocycles. The van der Waals surface area contributed by atoms with Crippen LogP contribution in [0.2, 0.25) is 0 Å². The van der Waals surface area contributed by atoms with Gasteiger partial charge in [0.05, 0.1) is 17.2 Å². The van der Waals surface area contributed by atoms with Gasteiger partial charge in [-0.2, -0.15) is 0 Å². The minimum absolute atomic E-state index is 0.0683. The average Bonchev–Trinajstić information content (AvgIpc) is 2.47. The van der Waals surface area contributed by atoms with Crippen LogP contribution in [0, 0.1) is 10.1 Å². The molecule has 1 N–H and O–H groups in total. The van der Waals surface area contributed by atoms with Crippen LogP contribution in [0.15, 0.2) is 41.0 Å². The normalized spacial score (nSPS) is 10.2. The van der Waals surface area contributed by atoms with Gasteiger partial charge in [-0.05, 0) is 31.2 Å². The van der Waals surface area contributed by atoms with Gasteiger partial charge in [0.15, 0.2) is 0 Å². The number of anilines is 1. The molecule has 0 unspecified atom stereocenters. The van der Waals surface area contributed by atoms with Crippen LogP contribution in [0.4, 0.5) is 11.4 Å². The molecule has 0 aliphatic heterocycles. The van der Waals surface area contributed by atoms with Gasteiger partial charge in [0.25, 0.3) is 5.69 Å². The van der Waals surface area contributed by atoms with Gasteiger partial charge in [-0.1, -0.05) is 15.9 Å². The molecule has 6 nitrogen and oxygen atoms in total. The van der Waals surface area contributed by atoms with Crippen molar-refractivity contribution in [3.63, 3.8) is 0 Å². The summed E-state index contributed by atoms with van der Waals surface area (Å²) in [5.74, 6) is 0.486. The maximum Gasteiger partial charge on any atom is 0.275 e. The molecule has 21 heavy (non-hydrogen) atoms. The van der Waals surface area contributed by atoms with Crippen LogP contribution in [-0.2, 0) is 6.54 Å². The summed E-state index contributed by atoms with van der Waals surface area (Å²) in [5, 5.41) is 14.2. The van der Waals surface area contributed by atoms with E-state index >= 15 is 0 Å². The number of nitro groups is 1. The molecule has 7 heteroatoms. The Balaban J connectivity index is 2.19. The largest absolute Gasteiger partial charge is 0.476 e. The first kappa shape index (κ1) is 15.2. The third kappa shape index (κ3) is 3.91. The second-order valence-electron chi connectivity index (χ2n) is 4.17. The van der Waals surface area contributed by atoms with Crippen molar-refractivity contribution in [2.24, 2.45) is 0 Å². The molecule has 1 aromatic carbocycles. The van der Waals surface area contributed by atoms with Gasteiger partial charge in [0.1, 0.15) is 0 Å². The van der Waals surface area contributed by atoms with E-state index in [0.717, 1.165) is 0 Å². The lowest BCUT2D eigenvalue weighted by Gasteiger charge is -2.11. The molecule has 0 saturated carbocycles. The van der Waals surface area contributed by atoms with Crippen molar-refractivity contribution in [2.45, 2.75) is 13.5 Å². The van der Waals surface area contributed by atoms with Crippen LogP contribution in [0.1, 0.15) is 12.5 Å². The van der Waals surface area contributed by atoms with E-state index in [2.05, 4.69) is 26.2 Å². The van der Waals surface area contributed by atoms with E-state index in [1.165, 1.54) is 6.07 Å². The van der Waals surface area contributed by atoms with Gasteiger partial charge >= 0.3 is 0 Å². The number of hydrogen-bond donors (Lipinski definition) is 1. The summed E-state index contributed by atoms with van der Waals surface area (Å²) in [5.41, 5.74) is 1.37.